The fourth-order valence-electron chi connectivity index (χ4n) is 2.05. The average molecular weight is 279 g/mol. The highest BCUT2D eigenvalue weighted by Gasteiger charge is 2.01. The van der Waals surface area contributed by atoms with Gasteiger partial charge in [0.1, 0.15) is 0 Å². The third-order valence-electron chi connectivity index (χ3n) is 2.98. The van der Waals surface area contributed by atoms with Gasteiger partial charge in [0.2, 0.25) is 0 Å². The molecular formula is C14H19ClN4. The molecular weight excluding hydrogens is 260 g/mol. The maximum atomic E-state index is 5.88. The number of nitrogens with one attached hydrogen (secondary N) is 1. The molecule has 0 saturated carbocycles. The Bertz CT molecular complexity index is 563. The minimum atomic E-state index is 0.658. The molecule has 0 aliphatic heterocycles. The number of halogens is 1. The standard InChI is InChI=1S/C14H19ClN4/c1-10-8-11(2)19(18-10)7-3-6-17-14-5-4-12(15)9-13(14)16/h4-5,8-9,17H,3,6-7,16H2,1-2H3. The van der Waals surface area contributed by atoms with Crippen LogP contribution in [0, 0.1) is 13.8 Å². The molecule has 2 aromatic rings. The zero-order valence-electron chi connectivity index (χ0n) is 11.3. The van der Waals surface area contributed by atoms with Crippen LogP contribution in [0.1, 0.15) is 17.8 Å². The SMILES string of the molecule is Cc1cc(C)n(CCCNc2ccc(Cl)cc2N)n1. The van der Waals surface area contributed by atoms with Gasteiger partial charge in [0.05, 0.1) is 17.1 Å². The molecule has 1 heterocycles. The quantitative estimate of drug-likeness (QED) is 0.652. The van der Waals surface area contributed by atoms with Crippen molar-refractivity contribution in [3.63, 3.8) is 0 Å². The van der Waals surface area contributed by atoms with Crippen LogP contribution in [0.5, 0.6) is 0 Å². The summed E-state index contributed by atoms with van der Waals surface area (Å²) in [7, 11) is 0. The molecule has 2 rings (SSSR count). The Labute approximate surface area is 118 Å². The average Bonchev–Trinajstić information content (AvgIpc) is 2.65. The van der Waals surface area contributed by atoms with Crippen molar-refractivity contribution in [2.45, 2.75) is 26.8 Å². The molecule has 0 amide bonds. The zero-order valence-corrected chi connectivity index (χ0v) is 12.0. The van der Waals surface area contributed by atoms with E-state index in [4.69, 9.17) is 17.3 Å². The van der Waals surface area contributed by atoms with E-state index >= 15 is 0 Å². The molecule has 19 heavy (non-hydrogen) atoms. The summed E-state index contributed by atoms with van der Waals surface area (Å²) in [4.78, 5) is 0. The third kappa shape index (κ3) is 3.64. The lowest BCUT2D eigenvalue weighted by molar-refractivity contribution is 0.574. The first-order valence-corrected chi connectivity index (χ1v) is 6.74. The van der Waals surface area contributed by atoms with Crippen molar-refractivity contribution in [1.82, 2.24) is 9.78 Å². The number of nitrogen functional groups attached to an aromatic ring is 1. The molecule has 0 spiro atoms. The molecule has 1 aromatic carbocycles. The normalized spacial score (nSPS) is 10.7. The van der Waals surface area contributed by atoms with Crippen molar-refractivity contribution >= 4 is 23.0 Å². The van der Waals surface area contributed by atoms with Crippen molar-refractivity contribution in [3.8, 4) is 0 Å². The first-order valence-electron chi connectivity index (χ1n) is 6.36. The second-order valence-electron chi connectivity index (χ2n) is 4.66. The van der Waals surface area contributed by atoms with E-state index in [0.717, 1.165) is 30.9 Å². The summed E-state index contributed by atoms with van der Waals surface area (Å²) < 4.78 is 2.03. The van der Waals surface area contributed by atoms with Crippen LogP contribution in [0.25, 0.3) is 0 Å². The number of aryl methyl sites for hydroxylation is 3. The molecule has 3 N–H and O–H groups in total. The molecule has 5 heteroatoms. The highest BCUT2D eigenvalue weighted by Crippen LogP contribution is 2.22. The topological polar surface area (TPSA) is 55.9 Å². The van der Waals surface area contributed by atoms with Crippen molar-refractivity contribution in [2.75, 3.05) is 17.6 Å². The molecule has 0 aliphatic carbocycles. The summed E-state index contributed by atoms with van der Waals surface area (Å²) in [6.45, 7) is 5.84. The van der Waals surface area contributed by atoms with Crippen LogP contribution in [0.2, 0.25) is 5.02 Å². The molecule has 102 valence electrons. The van der Waals surface area contributed by atoms with Gasteiger partial charge in [-0.1, -0.05) is 11.6 Å². The number of aromatic nitrogens is 2. The van der Waals surface area contributed by atoms with Crippen molar-refractivity contribution in [3.05, 3.63) is 40.7 Å². The number of nitrogens with two attached hydrogens (primary N) is 1. The van der Waals surface area contributed by atoms with Gasteiger partial charge in [0, 0.05) is 23.8 Å². The molecule has 1 aromatic heterocycles. The van der Waals surface area contributed by atoms with E-state index in [2.05, 4.69) is 23.4 Å². The summed E-state index contributed by atoms with van der Waals surface area (Å²) in [5, 5.41) is 8.40. The van der Waals surface area contributed by atoms with Gasteiger partial charge >= 0.3 is 0 Å². The van der Waals surface area contributed by atoms with E-state index in [9.17, 15) is 0 Å². The van der Waals surface area contributed by atoms with Gasteiger partial charge in [-0.15, -0.1) is 0 Å². The first kappa shape index (κ1) is 13.7. The third-order valence-corrected chi connectivity index (χ3v) is 3.21. The van der Waals surface area contributed by atoms with Gasteiger partial charge in [0.25, 0.3) is 0 Å². The highest BCUT2D eigenvalue weighted by atomic mass is 35.5. The predicted molar refractivity (Wildman–Crippen MR) is 80.7 cm³/mol. The number of anilines is 2. The van der Waals surface area contributed by atoms with E-state index < -0.39 is 0 Å². The molecule has 0 saturated heterocycles. The molecule has 0 unspecified atom stereocenters. The van der Waals surface area contributed by atoms with Crippen molar-refractivity contribution in [1.29, 1.82) is 0 Å². The Kier molecular flexibility index (Phi) is 4.32. The van der Waals surface area contributed by atoms with E-state index in [1.54, 1.807) is 6.07 Å². The molecule has 0 atom stereocenters. The molecule has 0 fully saturated rings. The van der Waals surface area contributed by atoms with Gasteiger partial charge in [-0.3, -0.25) is 4.68 Å². The summed E-state index contributed by atoms with van der Waals surface area (Å²) in [5.41, 5.74) is 9.75. The lowest BCUT2D eigenvalue weighted by atomic mass is 10.2. The van der Waals surface area contributed by atoms with Crippen LogP contribution in [0.4, 0.5) is 11.4 Å². The van der Waals surface area contributed by atoms with Crippen LogP contribution in [0.15, 0.2) is 24.3 Å². The Morgan fingerprint density at radius 2 is 2.11 bits per heavy atom. The second kappa shape index (κ2) is 5.97. The second-order valence-corrected chi connectivity index (χ2v) is 5.10. The van der Waals surface area contributed by atoms with E-state index in [-0.39, 0.29) is 0 Å². The Morgan fingerprint density at radius 3 is 2.74 bits per heavy atom. The highest BCUT2D eigenvalue weighted by molar-refractivity contribution is 6.31. The Hall–Kier alpha value is -1.68. The number of benzene rings is 1. The predicted octanol–water partition coefficient (Wildman–Crippen LogP) is 3.24. The number of hydrogen-bond donors (Lipinski definition) is 2. The largest absolute Gasteiger partial charge is 0.397 e. The fraction of sp³-hybridized carbons (Fsp3) is 0.357. The molecule has 4 nitrogen and oxygen atoms in total. The van der Waals surface area contributed by atoms with Gasteiger partial charge in [0.15, 0.2) is 0 Å². The minimum absolute atomic E-state index is 0.658. The van der Waals surface area contributed by atoms with Crippen molar-refractivity contribution in [2.24, 2.45) is 0 Å². The maximum absolute atomic E-state index is 5.88. The van der Waals surface area contributed by atoms with Crippen LogP contribution in [-0.2, 0) is 6.54 Å². The van der Waals surface area contributed by atoms with Gasteiger partial charge in [-0.2, -0.15) is 5.10 Å². The maximum Gasteiger partial charge on any atom is 0.0596 e. The van der Waals surface area contributed by atoms with E-state index in [0.29, 0.717) is 10.7 Å². The molecule has 0 bridgehead atoms. The zero-order chi connectivity index (χ0) is 13.8. The van der Waals surface area contributed by atoms with Crippen LogP contribution in [-0.4, -0.2) is 16.3 Å². The summed E-state index contributed by atoms with van der Waals surface area (Å²) >= 11 is 5.86. The summed E-state index contributed by atoms with van der Waals surface area (Å²) in [5.74, 6) is 0. The number of rotatable bonds is 5. The van der Waals surface area contributed by atoms with Gasteiger partial charge in [-0.25, -0.2) is 0 Å². The van der Waals surface area contributed by atoms with Crippen LogP contribution < -0.4 is 11.1 Å². The van der Waals surface area contributed by atoms with E-state index in [1.165, 1.54) is 5.69 Å². The van der Waals surface area contributed by atoms with Gasteiger partial charge in [-0.05, 0) is 44.5 Å². The lowest BCUT2D eigenvalue weighted by Crippen LogP contribution is -2.09. The molecule has 0 radical (unpaired) electrons. The Balaban J connectivity index is 1.82. The van der Waals surface area contributed by atoms with Gasteiger partial charge < -0.3 is 11.1 Å². The monoisotopic (exact) mass is 278 g/mol. The summed E-state index contributed by atoms with van der Waals surface area (Å²) in [6.07, 6.45) is 0.990. The summed E-state index contributed by atoms with van der Waals surface area (Å²) in [6, 6.07) is 7.58. The molecule has 0 aliphatic rings. The van der Waals surface area contributed by atoms with Crippen LogP contribution in [0.3, 0.4) is 0 Å². The van der Waals surface area contributed by atoms with E-state index in [1.807, 2.05) is 23.7 Å². The minimum Gasteiger partial charge on any atom is -0.397 e. The fourth-order valence-corrected chi connectivity index (χ4v) is 2.23. The first-order chi connectivity index (χ1) is 9.06. The smallest absolute Gasteiger partial charge is 0.0596 e. The number of nitrogens with zero attached hydrogens (tertiary/aromatic N) is 2. The van der Waals surface area contributed by atoms with Crippen LogP contribution >= 0.6 is 11.6 Å². The lowest BCUT2D eigenvalue weighted by Gasteiger charge is -2.10. The number of hydrogen-bond acceptors (Lipinski definition) is 3. The Morgan fingerprint density at radius 1 is 1.32 bits per heavy atom. The van der Waals surface area contributed by atoms with Crippen molar-refractivity contribution < 1.29 is 0 Å².